The molecule has 0 bridgehead atoms. The summed E-state index contributed by atoms with van der Waals surface area (Å²) in [6.07, 6.45) is 87.4. The summed E-state index contributed by atoms with van der Waals surface area (Å²) in [5.74, 6) is -0.857. The van der Waals surface area contributed by atoms with Gasteiger partial charge in [-0.2, -0.15) is 0 Å². The van der Waals surface area contributed by atoms with E-state index in [-0.39, 0.29) is 31.1 Å². The first-order valence-corrected chi connectivity index (χ1v) is 34.8. The molecule has 1 unspecified atom stereocenters. The normalized spacial score (nSPS) is 12.4. The molecule has 0 radical (unpaired) electrons. The number of unbranched alkanes of at least 4 members (excludes halogenated alkanes) is 43. The van der Waals surface area contributed by atoms with Crippen molar-refractivity contribution in [3.8, 4) is 0 Å². The number of hydrogen-bond acceptors (Lipinski definition) is 6. The molecule has 6 heteroatoms. The zero-order chi connectivity index (χ0) is 57.1. The first-order chi connectivity index (χ1) is 39.0. The van der Waals surface area contributed by atoms with Crippen molar-refractivity contribution >= 4 is 17.9 Å². The number of ether oxygens (including phenoxy) is 3. The van der Waals surface area contributed by atoms with Crippen LogP contribution in [-0.4, -0.2) is 37.2 Å². The molecule has 0 rings (SSSR count). The summed E-state index contributed by atoms with van der Waals surface area (Å²) in [7, 11) is 0. The lowest BCUT2D eigenvalue weighted by atomic mass is 10.0. The Morgan fingerprint density at radius 1 is 0.266 bits per heavy atom. The molecule has 0 saturated carbocycles. The second-order valence-electron chi connectivity index (χ2n) is 23.4. The van der Waals surface area contributed by atoms with Crippen LogP contribution in [0.15, 0.2) is 60.8 Å². The highest BCUT2D eigenvalue weighted by molar-refractivity contribution is 5.71. The van der Waals surface area contributed by atoms with Crippen LogP contribution >= 0.6 is 0 Å². The third-order valence-electron chi connectivity index (χ3n) is 15.5. The molecule has 79 heavy (non-hydrogen) atoms. The Hall–Kier alpha value is -2.89. The minimum atomic E-state index is -0.766. The molecule has 0 aromatic heterocycles. The first kappa shape index (κ1) is 76.1. The minimum absolute atomic E-state index is 0.0675. The largest absolute Gasteiger partial charge is 0.462 e. The van der Waals surface area contributed by atoms with E-state index in [9.17, 15) is 14.4 Å². The SMILES string of the molecule is CC/C=C\C/C=C\C/C=C\C/C=C\C/C=C\CCCCCCCCCCCCCCCCCCCCCC(=O)OCC(COC(=O)CCCCCCC)OC(=O)CCCCCCCCCCCCCCCCCCCCCCC. The van der Waals surface area contributed by atoms with Gasteiger partial charge in [0.2, 0.25) is 0 Å². The van der Waals surface area contributed by atoms with E-state index in [4.69, 9.17) is 14.2 Å². The zero-order valence-electron chi connectivity index (χ0n) is 52.9. The Morgan fingerprint density at radius 3 is 0.772 bits per heavy atom. The summed E-state index contributed by atoms with van der Waals surface area (Å²) in [6.45, 7) is 6.50. The van der Waals surface area contributed by atoms with Crippen molar-refractivity contribution in [2.75, 3.05) is 13.2 Å². The number of hydrogen-bond donors (Lipinski definition) is 0. The van der Waals surface area contributed by atoms with Crippen molar-refractivity contribution in [3.63, 3.8) is 0 Å². The summed E-state index contributed by atoms with van der Waals surface area (Å²) in [6, 6.07) is 0. The Kier molecular flexibility index (Phi) is 65.1. The van der Waals surface area contributed by atoms with E-state index in [0.29, 0.717) is 19.3 Å². The van der Waals surface area contributed by atoms with E-state index in [0.717, 1.165) is 96.3 Å². The average molecular weight is 1110 g/mol. The lowest BCUT2D eigenvalue weighted by Crippen LogP contribution is -2.30. The van der Waals surface area contributed by atoms with E-state index in [1.807, 2.05) is 0 Å². The first-order valence-electron chi connectivity index (χ1n) is 34.8. The van der Waals surface area contributed by atoms with Gasteiger partial charge in [0.15, 0.2) is 6.10 Å². The van der Waals surface area contributed by atoms with Crippen molar-refractivity contribution in [2.45, 2.75) is 374 Å². The number of rotatable bonds is 64. The van der Waals surface area contributed by atoms with Crippen molar-refractivity contribution in [3.05, 3.63) is 60.8 Å². The number of carbonyl (C=O) groups excluding carboxylic acids is 3. The predicted molar refractivity (Wildman–Crippen MR) is 344 cm³/mol. The molecule has 0 aromatic carbocycles. The highest BCUT2D eigenvalue weighted by Crippen LogP contribution is 2.18. The quantitative estimate of drug-likeness (QED) is 0.0261. The van der Waals surface area contributed by atoms with Crippen molar-refractivity contribution in [2.24, 2.45) is 0 Å². The Balaban J connectivity index is 3.90. The predicted octanol–water partition coefficient (Wildman–Crippen LogP) is 23.9. The summed E-state index contributed by atoms with van der Waals surface area (Å²) < 4.78 is 16.8. The second kappa shape index (κ2) is 67.6. The number of esters is 3. The fourth-order valence-corrected chi connectivity index (χ4v) is 10.4. The van der Waals surface area contributed by atoms with Crippen molar-refractivity contribution < 1.29 is 28.6 Å². The molecule has 0 heterocycles. The molecular formula is C73H132O6. The van der Waals surface area contributed by atoms with Gasteiger partial charge in [0.25, 0.3) is 0 Å². The monoisotopic (exact) mass is 1110 g/mol. The number of carbonyl (C=O) groups is 3. The summed E-state index contributed by atoms with van der Waals surface area (Å²) in [4.78, 5) is 38.0. The minimum Gasteiger partial charge on any atom is -0.462 e. The Morgan fingerprint density at radius 2 is 0.494 bits per heavy atom. The van der Waals surface area contributed by atoms with Gasteiger partial charge in [0.1, 0.15) is 13.2 Å². The molecule has 0 fully saturated rings. The van der Waals surface area contributed by atoms with Crippen LogP contribution < -0.4 is 0 Å². The maximum atomic E-state index is 12.8. The molecule has 1 atom stereocenters. The van der Waals surface area contributed by atoms with Gasteiger partial charge < -0.3 is 14.2 Å². The summed E-state index contributed by atoms with van der Waals surface area (Å²) in [5, 5.41) is 0. The molecule has 0 aromatic rings. The van der Waals surface area contributed by atoms with Crippen LogP contribution in [0.25, 0.3) is 0 Å². The van der Waals surface area contributed by atoms with Gasteiger partial charge in [-0.25, -0.2) is 0 Å². The zero-order valence-corrected chi connectivity index (χ0v) is 52.9. The number of allylic oxidation sites excluding steroid dienone is 10. The topological polar surface area (TPSA) is 78.9 Å². The van der Waals surface area contributed by atoms with Gasteiger partial charge in [0, 0.05) is 19.3 Å². The van der Waals surface area contributed by atoms with E-state index < -0.39 is 6.10 Å². The lowest BCUT2D eigenvalue weighted by Gasteiger charge is -2.18. The second-order valence-corrected chi connectivity index (χ2v) is 23.4. The smallest absolute Gasteiger partial charge is 0.306 e. The van der Waals surface area contributed by atoms with E-state index in [1.54, 1.807) is 0 Å². The summed E-state index contributed by atoms with van der Waals surface area (Å²) in [5.41, 5.74) is 0. The van der Waals surface area contributed by atoms with Crippen LogP contribution in [0.1, 0.15) is 367 Å². The molecule has 0 amide bonds. The van der Waals surface area contributed by atoms with Crippen molar-refractivity contribution in [1.82, 2.24) is 0 Å². The van der Waals surface area contributed by atoms with Crippen LogP contribution in [-0.2, 0) is 28.6 Å². The van der Waals surface area contributed by atoms with E-state index >= 15 is 0 Å². The molecule has 0 aliphatic heterocycles. The molecule has 6 nitrogen and oxygen atoms in total. The third kappa shape index (κ3) is 65.8. The molecule has 460 valence electrons. The Labute approximate surface area is 491 Å². The van der Waals surface area contributed by atoms with E-state index in [1.165, 1.54) is 231 Å². The standard InChI is InChI=1S/C73H132O6/c1-4-7-10-13-15-17-19-21-23-25-27-29-30-31-32-33-34-35-36-37-38-39-40-41-42-44-45-47-49-51-53-55-57-60-63-66-72(75)78-69-70(68-77-71(74)65-62-59-12-9-6-3)79-73(76)67-64-61-58-56-54-52-50-48-46-43-28-26-24-22-20-18-16-14-11-8-5-2/h7,10,15,17,21,23,27,29,31-32,70H,4-6,8-9,11-14,16,18-20,22,24-26,28,30,33-69H2,1-3H3/b10-7-,17-15-,23-21-,29-27-,32-31-. The van der Waals surface area contributed by atoms with Crippen LogP contribution in [0.2, 0.25) is 0 Å². The van der Waals surface area contributed by atoms with Crippen LogP contribution in [0.3, 0.4) is 0 Å². The van der Waals surface area contributed by atoms with Crippen LogP contribution in [0.5, 0.6) is 0 Å². The summed E-state index contributed by atoms with van der Waals surface area (Å²) >= 11 is 0. The molecular weight excluding hydrogens is 973 g/mol. The maximum absolute atomic E-state index is 12.8. The highest BCUT2D eigenvalue weighted by Gasteiger charge is 2.19. The van der Waals surface area contributed by atoms with E-state index in [2.05, 4.69) is 81.5 Å². The van der Waals surface area contributed by atoms with Crippen LogP contribution in [0, 0.1) is 0 Å². The van der Waals surface area contributed by atoms with Gasteiger partial charge in [-0.3, -0.25) is 14.4 Å². The van der Waals surface area contributed by atoms with Gasteiger partial charge in [0.05, 0.1) is 0 Å². The maximum Gasteiger partial charge on any atom is 0.306 e. The molecule has 0 aliphatic carbocycles. The Bertz CT molecular complexity index is 1410. The van der Waals surface area contributed by atoms with Crippen molar-refractivity contribution in [1.29, 1.82) is 0 Å². The molecule has 0 saturated heterocycles. The van der Waals surface area contributed by atoms with Gasteiger partial charge in [-0.15, -0.1) is 0 Å². The van der Waals surface area contributed by atoms with Gasteiger partial charge in [-0.05, 0) is 64.2 Å². The third-order valence-corrected chi connectivity index (χ3v) is 15.5. The fraction of sp³-hybridized carbons (Fsp3) is 0.822. The lowest BCUT2D eigenvalue weighted by molar-refractivity contribution is -0.167. The fourth-order valence-electron chi connectivity index (χ4n) is 10.4. The molecule has 0 N–H and O–H groups in total. The molecule has 0 aliphatic rings. The van der Waals surface area contributed by atoms with Crippen LogP contribution in [0.4, 0.5) is 0 Å². The van der Waals surface area contributed by atoms with Gasteiger partial charge in [-0.1, -0.05) is 345 Å². The van der Waals surface area contributed by atoms with Gasteiger partial charge >= 0.3 is 17.9 Å². The average Bonchev–Trinajstić information content (AvgIpc) is 3.45. The molecule has 0 spiro atoms. The highest BCUT2D eigenvalue weighted by atomic mass is 16.6.